The maximum absolute atomic E-state index is 12.1. The summed E-state index contributed by atoms with van der Waals surface area (Å²) in [5.74, 6) is -2.07. The van der Waals surface area contributed by atoms with Gasteiger partial charge in [0.2, 0.25) is 0 Å². The fraction of sp³-hybridized carbons (Fsp3) is 0. The molecule has 4 aromatic carbocycles. The van der Waals surface area contributed by atoms with Crippen molar-refractivity contribution in [1.29, 1.82) is 0 Å². The molecule has 20 nitrogen and oxygen atoms in total. The van der Waals surface area contributed by atoms with Crippen LogP contribution in [0.4, 0.5) is 0 Å². The second-order valence-electron chi connectivity index (χ2n) is 12.4. The van der Waals surface area contributed by atoms with Crippen LogP contribution in [0.2, 0.25) is 0 Å². The molecule has 3 radical (unpaired) electrons. The number of hydrogen-bond acceptors (Lipinski definition) is 18. The molecule has 4 aliphatic rings. The minimum absolute atomic E-state index is 0. The van der Waals surface area contributed by atoms with E-state index in [0.29, 0.717) is 16.0 Å². The molecule has 28 heteroatoms. The molecule has 2 N–H and O–H groups in total. The summed E-state index contributed by atoms with van der Waals surface area (Å²) in [4.78, 5) is 34.7. The van der Waals surface area contributed by atoms with E-state index in [1.807, 2.05) is 0 Å². The fourth-order valence-corrected chi connectivity index (χ4v) is 7.84. The minimum atomic E-state index is -5.00. The van der Waals surface area contributed by atoms with Gasteiger partial charge in [-0.15, -0.1) is 0 Å². The molecule has 0 amide bonds. The molecule has 4 aliphatic heterocycles. The predicted molar refractivity (Wildman–Crippen MR) is 200 cm³/mol. The predicted octanol–water partition coefficient (Wildman–Crippen LogP) is -16.1. The second-order valence-corrected chi connectivity index (χ2v) is 16.6. The SMILES string of the molecule is O.O=S(=O)([O-])c1ccc2c(c1)C1=NC2=NC2=NC(=c3cc/c(=C\C=C([O-])[O-])cc32)N=C2N=C(N=c3[n-]c(c4ccc(S(=O)(=O)[O-])cc34)=N1)c1ccc(S(=O)(=O)[O-])cc12.[Ga].[Na+].[Na+].[Na+].[Na+]. The van der Waals surface area contributed by atoms with Crippen LogP contribution in [0.1, 0.15) is 27.8 Å². The zero-order valence-electron chi connectivity index (χ0n) is 33.0. The van der Waals surface area contributed by atoms with Crippen molar-refractivity contribution in [3.05, 3.63) is 134 Å². The minimum Gasteiger partial charge on any atom is -0.884 e. The number of benzene rings is 4. The zero-order chi connectivity index (χ0) is 40.2. The van der Waals surface area contributed by atoms with Gasteiger partial charge in [0, 0.05) is 63.8 Å². The largest absolute Gasteiger partial charge is 1.00 e. The van der Waals surface area contributed by atoms with Crippen LogP contribution in [-0.4, -0.2) is 93.4 Å². The van der Waals surface area contributed by atoms with Gasteiger partial charge in [0.05, 0.1) is 26.4 Å². The molecule has 0 saturated heterocycles. The van der Waals surface area contributed by atoms with Crippen molar-refractivity contribution >= 4 is 102 Å². The number of amidine groups is 5. The Hall–Kier alpha value is -2.22. The van der Waals surface area contributed by atoms with Crippen molar-refractivity contribution in [3.8, 4) is 0 Å². The molecule has 0 unspecified atom stereocenters. The fourth-order valence-electron chi connectivity index (χ4n) is 6.35. The van der Waals surface area contributed by atoms with Crippen LogP contribution >= 0.6 is 0 Å². The number of nitrogens with zero attached hydrogens (tertiary/aromatic N) is 8. The Bertz CT molecular complexity index is 3600. The molecule has 295 valence electrons. The van der Waals surface area contributed by atoms with Gasteiger partial charge in [0.1, 0.15) is 30.4 Å². The summed E-state index contributed by atoms with van der Waals surface area (Å²) >= 11 is 0. The maximum atomic E-state index is 12.1. The van der Waals surface area contributed by atoms with Gasteiger partial charge >= 0.3 is 118 Å². The van der Waals surface area contributed by atoms with Gasteiger partial charge in [0.15, 0.2) is 23.3 Å². The van der Waals surface area contributed by atoms with Gasteiger partial charge in [-0.3, -0.25) is 0 Å². The van der Waals surface area contributed by atoms with Crippen LogP contribution in [-0.2, 0) is 30.4 Å². The van der Waals surface area contributed by atoms with Gasteiger partial charge in [-0.05, 0) is 70.6 Å². The van der Waals surface area contributed by atoms with Crippen molar-refractivity contribution in [2.24, 2.45) is 34.9 Å². The molecule has 9 rings (SSSR count). The van der Waals surface area contributed by atoms with Crippen LogP contribution in [0.3, 0.4) is 0 Å². The van der Waals surface area contributed by atoms with Gasteiger partial charge in [-0.2, -0.15) is 0 Å². The van der Waals surface area contributed by atoms with Gasteiger partial charge in [-0.25, -0.2) is 56.2 Å². The van der Waals surface area contributed by atoms with E-state index < -0.39 is 51.0 Å². The molecule has 0 spiro atoms. The molecule has 63 heavy (non-hydrogen) atoms. The summed E-state index contributed by atoms with van der Waals surface area (Å²) < 4.78 is 109. The number of rotatable bonds is 4. The van der Waals surface area contributed by atoms with E-state index in [0.717, 1.165) is 42.5 Å². The number of aromatic nitrogens is 1. The summed E-state index contributed by atoms with van der Waals surface area (Å²) in [6.45, 7) is 0. The molecule has 5 aromatic rings. The monoisotopic (exact) mass is 997 g/mol. The van der Waals surface area contributed by atoms with Gasteiger partial charge in [-0.1, -0.05) is 30.4 Å². The Kier molecular flexibility index (Phi) is 17.8. The van der Waals surface area contributed by atoms with E-state index in [2.05, 4.69) is 39.9 Å². The van der Waals surface area contributed by atoms with Crippen LogP contribution in [0.5, 0.6) is 0 Å². The molecule has 0 fully saturated rings. The van der Waals surface area contributed by atoms with Crippen molar-refractivity contribution in [3.63, 3.8) is 0 Å². The molecule has 0 atom stereocenters. The van der Waals surface area contributed by atoms with Crippen molar-refractivity contribution in [2.45, 2.75) is 14.7 Å². The number of hydrogen-bond donors (Lipinski definition) is 0. The molecule has 5 heterocycles. The molecular formula is C35H16GaN8Na4O12S3-2. The summed E-state index contributed by atoms with van der Waals surface area (Å²) in [6, 6.07) is 14.7. The average Bonchev–Trinajstić information content (AvgIpc) is 3.87. The Morgan fingerprint density at radius 3 is 1.43 bits per heavy atom. The first-order valence-electron chi connectivity index (χ1n) is 16.0. The van der Waals surface area contributed by atoms with Crippen LogP contribution in [0.15, 0.2) is 134 Å². The molecule has 8 bridgehead atoms. The first kappa shape index (κ1) is 55.1. The van der Waals surface area contributed by atoms with Gasteiger partial charge in [0.25, 0.3) is 0 Å². The quantitative estimate of drug-likeness (QED) is 0.0921. The Balaban J connectivity index is 0.00000176. The first-order valence-corrected chi connectivity index (χ1v) is 20.2. The Labute approximate surface area is 457 Å². The summed E-state index contributed by atoms with van der Waals surface area (Å²) in [5, 5.41) is 23.2. The standard InChI is InChI=1S/C35H19N8O11S3.Ga.4Na.H2O/c44-27(45)10-2-15-1-6-19-23(11-15)32-36-28(19)38-33-25-13-17(56(49,50)51)4-8-21(25)30(40-33)42-35-26-14-18(57(52,53)54)5-9-22(26)31(43-35)41-34-24-12-16(55(46,47)48)3-7-20(24)29(37-32)39-34;;;;;;/h1-14H,(H5-,36,37,38,39,40,41,42,43,44,45,46,47,48,49,50,51,52,53,54);;;;;;1H2/q-1;;4*+1;/p-5. The van der Waals surface area contributed by atoms with Crippen LogP contribution in [0, 0.1) is 0 Å². The van der Waals surface area contributed by atoms with Gasteiger partial charge < -0.3 is 44.3 Å². The third kappa shape index (κ3) is 10.7. The molecule has 0 aliphatic carbocycles. The third-order valence-corrected chi connectivity index (χ3v) is 11.4. The second kappa shape index (κ2) is 20.3. The van der Waals surface area contributed by atoms with E-state index in [1.165, 1.54) is 24.3 Å². The Morgan fingerprint density at radius 1 is 0.492 bits per heavy atom. The van der Waals surface area contributed by atoms with E-state index in [-0.39, 0.29) is 222 Å². The van der Waals surface area contributed by atoms with Crippen LogP contribution in [0.25, 0.3) is 22.7 Å². The number of allylic oxidation sites excluding steroid dienone is 1. The number of fused-ring (bicyclic) bond motifs is 16. The van der Waals surface area contributed by atoms with E-state index in [9.17, 15) is 49.1 Å². The summed E-state index contributed by atoms with van der Waals surface area (Å²) in [7, 11) is -15.0. The van der Waals surface area contributed by atoms with E-state index in [1.54, 1.807) is 18.2 Å². The molecule has 1 aromatic heterocycles. The smallest absolute Gasteiger partial charge is 0.884 e. The molecular weight excluding hydrogens is 982 g/mol. The summed E-state index contributed by atoms with van der Waals surface area (Å²) in [6.07, 6.45) is 2.07. The van der Waals surface area contributed by atoms with Crippen molar-refractivity contribution in [1.82, 2.24) is 4.98 Å². The Morgan fingerprint density at radius 2 is 0.921 bits per heavy atom. The first-order chi connectivity index (χ1) is 26.9. The van der Waals surface area contributed by atoms with E-state index >= 15 is 0 Å². The molecule has 0 saturated carbocycles. The normalized spacial score (nSPS) is 14.5. The number of aliphatic imine (C=N–C) groups is 5. The topological polar surface area (TPSA) is 350 Å². The summed E-state index contributed by atoms with van der Waals surface area (Å²) in [5.41, 5.74) is 0.407. The average molecular weight is 998 g/mol. The van der Waals surface area contributed by atoms with E-state index in [4.69, 9.17) is 0 Å². The van der Waals surface area contributed by atoms with Crippen molar-refractivity contribution < 1.29 is 173 Å². The zero-order valence-corrected chi connectivity index (χ0v) is 45.8. The maximum Gasteiger partial charge on any atom is 1.00 e. The van der Waals surface area contributed by atoms with Crippen molar-refractivity contribution in [2.75, 3.05) is 0 Å². The van der Waals surface area contributed by atoms with Crippen LogP contribution < -0.4 is 155 Å². The third-order valence-electron chi connectivity index (χ3n) is 8.92.